The third-order valence-electron chi connectivity index (χ3n) is 16.1. The normalized spacial score (nSPS) is 16.1. The first-order chi connectivity index (χ1) is 36.9. The van der Waals surface area contributed by atoms with Crippen LogP contribution in [0.25, 0.3) is 33.4 Å². The quantitative estimate of drug-likeness (QED) is 0.135. The van der Waals surface area contributed by atoms with E-state index in [1.807, 2.05) is 66.7 Å². The van der Waals surface area contributed by atoms with E-state index in [1.54, 1.807) is 0 Å². The maximum absolute atomic E-state index is 16.4. The minimum absolute atomic E-state index is 0.186. The predicted octanol–water partition coefficient (Wildman–Crippen LogP) is 18.3. The van der Waals surface area contributed by atoms with Crippen molar-refractivity contribution >= 4 is 52.6 Å². The fourth-order valence-corrected chi connectivity index (χ4v) is 15.7. The van der Waals surface area contributed by atoms with Gasteiger partial charge in [0, 0.05) is 33.7 Å². The van der Waals surface area contributed by atoms with Crippen molar-refractivity contribution in [1.29, 1.82) is 0 Å². The SMILES string of the molecule is CC1(C)c2ccccc2-c2c(N(c3ccc(-c4ccc5c(c4)N(c4ccccc4)P(=O)(c4ccccc4)N5c4ccccc4)cc3)c3ccc4c(c3)C(c3ccccc3)(c3ccccc3)c3ccccc3-4)cccc21. The van der Waals surface area contributed by atoms with Crippen molar-refractivity contribution in [2.45, 2.75) is 24.7 Å². The maximum atomic E-state index is 16.4. The van der Waals surface area contributed by atoms with Gasteiger partial charge in [0.15, 0.2) is 0 Å². The number of para-hydroxylation sites is 2. The summed E-state index contributed by atoms with van der Waals surface area (Å²) in [6.45, 7) is 4.71. The third kappa shape index (κ3) is 6.66. The monoisotopic (exact) mass is 981 g/mol. The van der Waals surface area contributed by atoms with Crippen molar-refractivity contribution in [1.82, 2.24) is 0 Å². The highest BCUT2D eigenvalue weighted by molar-refractivity contribution is 7.76. The van der Waals surface area contributed by atoms with Crippen molar-refractivity contribution < 1.29 is 4.57 Å². The molecule has 0 radical (unpaired) electrons. The molecule has 3 aliphatic rings. The van der Waals surface area contributed by atoms with Crippen LogP contribution in [0.2, 0.25) is 0 Å². The van der Waals surface area contributed by atoms with E-state index >= 15 is 4.57 Å². The number of benzene rings is 11. The molecule has 1 unspecified atom stereocenters. The first kappa shape index (κ1) is 44.7. The Kier molecular flexibility index (Phi) is 10.3. The predicted molar refractivity (Wildman–Crippen MR) is 312 cm³/mol. The summed E-state index contributed by atoms with van der Waals surface area (Å²) in [6, 6.07) is 99.9. The maximum Gasteiger partial charge on any atom is 0.301 e. The summed E-state index contributed by atoms with van der Waals surface area (Å²) in [4.78, 5) is 2.48. The summed E-state index contributed by atoms with van der Waals surface area (Å²) >= 11 is 0. The molecule has 1 atom stereocenters. The zero-order valence-corrected chi connectivity index (χ0v) is 42.6. The van der Waals surface area contributed by atoms with Gasteiger partial charge in [-0.3, -0.25) is 13.9 Å². The molecule has 5 heteroatoms. The Morgan fingerprint density at radius 3 is 1.51 bits per heavy atom. The molecule has 2 aliphatic carbocycles. The van der Waals surface area contributed by atoms with E-state index in [0.29, 0.717) is 0 Å². The van der Waals surface area contributed by atoms with Gasteiger partial charge in [0.25, 0.3) is 0 Å². The molecule has 0 fully saturated rings. The van der Waals surface area contributed by atoms with Crippen molar-refractivity contribution in [3.8, 4) is 33.4 Å². The van der Waals surface area contributed by atoms with E-state index < -0.39 is 12.9 Å². The lowest BCUT2D eigenvalue weighted by Crippen LogP contribution is -2.28. The molecule has 75 heavy (non-hydrogen) atoms. The summed E-state index contributed by atoms with van der Waals surface area (Å²) in [6.07, 6.45) is 0. The van der Waals surface area contributed by atoms with E-state index in [4.69, 9.17) is 0 Å². The van der Waals surface area contributed by atoms with Crippen LogP contribution in [0.1, 0.15) is 47.2 Å². The van der Waals surface area contributed by atoms with E-state index in [0.717, 1.165) is 56.2 Å². The van der Waals surface area contributed by atoms with E-state index in [9.17, 15) is 0 Å². The second-order valence-corrected chi connectivity index (χ2v) is 22.8. The van der Waals surface area contributed by atoms with Crippen molar-refractivity contribution in [3.63, 3.8) is 0 Å². The van der Waals surface area contributed by atoms with Gasteiger partial charge in [0.1, 0.15) is 0 Å². The van der Waals surface area contributed by atoms with Crippen molar-refractivity contribution in [2.24, 2.45) is 0 Å². The van der Waals surface area contributed by atoms with Crippen LogP contribution >= 0.6 is 7.44 Å². The van der Waals surface area contributed by atoms with Gasteiger partial charge in [-0.2, -0.15) is 0 Å². The average molecular weight is 982 g/mol. The highest BCUT2D eigenvalue weighted by Gasteiger charge is 2.50. The van der Waals surface area contributed by atoms with Crippen LogP contribution in [0.5, 0.6) is 0 Å². The minimum atomic E-state index is -3.52. The average Bonchev–Trinajstić information content (AvgIpc) is 4.06. The minimum Gasteiger partial charge on any atom is -0.310 e. The highest BCUT2D eigenvalue weighted by Crippen LogP contribution is 2.70. The molecule has 1 aliphatic heterocycles. The second kappa shape index (κ2) is 17.3. The van der Waals surface area contributed by atoms with Crippen molar-refractivity contribution in [3.05, 3.63) is 312 Å². The number of anilines is 7. The van der Waals surface area contributed by atoms with Gasteiger partial charge in [-0.25, -0.2) is 0 Å². The first-order valence-electron chi connectivity index (χ1n) is 25.9. The highest BCUT2D eigenvalue weighted by atomic mass is 31.2. The van der Waals surface area contributed by atoms with Gasteiger partial charge < -0.3 is 4.90 Å². The standard InChI is InChI=1S/C70H52N3OP/c1-69(2)61-35-20-19-34-60(61)68-63(69)37-22-38-66(68)71(56-44-45-59-58-33-18-21-36-62(58)70(64(59)48-56,51-23-8-3-9-24-51)52-25-10-4-11-26-52)53-42-39-49(40-43-53)50-41-46-65-67(47-50)73(55-29-14-6-15-30-55)75(74,57-31-16-7-17-32-57)72(65)54-27-12-5-13-28-54/h3-48H,1-2H3. The summed E-state index contributed by atoms with van der Waals surface area (Å²) < 4.78 is 20.5. The van der Waals surface area contributed by atoms with Gasteiger partial charge in [0.05, 0.1) is 27.8 Å². The van der Waals surface area contributed by atoms with Crippen LogP contribution in [0, 0.1) is 0 Å². The molecule has 0 amide bonds. The Bertz CT molecular complexity index is 3970. The van der Waals surface area contributed by atoms with E-state index in [1.165, 1.54) is 55.6 Å². The molecule has 0 aromatic heterocycles. The topological polar surface area (TPSA) is 26.8 Å². The Balaban J connectivity index is 0.960. The van der Waals surface area contributed by atoms with Crippen LogP contribution < -0.4 is 19.5 Å². The molecule has 0 N–H and O–H groups in total. The molecular formula is C70H52N3OP. The largest absolute Gasteiger partial charge is 0.310 e. The summed E-state index contributed by atoms with van der Waals surface area (Å²) in [7, 11) is -3.52. The smallest absolute Gasteiger partial charge is 0.301 e. The van der Waals surface area contributed by atoms with Crippen LogP contribution in [-0.4, -0.2) is 0 Å². The van der Waals surface area contributed by atoms with Crippen LogP contribution in [0.15, 0.2) is 279 Å². The number of rotatable bonds is 9. The lowest BCUT2D eigenvalue weighted by Gasteiger charge is -2.35. The zero-order chi connectivity index (χ0) is 50.3. The van der Waals surface area contributed by atoms with Gasteiger partial charge in [0.2, 0.25) is 0 Å². The summed E-state index contributed by atoms with van der Waals surface area (Å²) in [5.74, 6) is 0. The van der Waals surface area contributed by atoms with Crippen molar-refractivity contribution in [2.75, 3.05) is 14.2 Å². The first-order valence-corrected chi connectivity index (χ1v) is 27.5. The Morgan fingerprint density at radius 1 is 0.373 bits per heavy atom. The summed E-state index contributed by atoms with van der Waals surface area (Å²) in [5.41, 5.74) is 20.8. The fraction of sp³-hybridized carbons (Fsp3) is 0.0571. The molecule has 0 bridgehead atoms. The molecular weight excluding hydrogens is 930 g/mol. The molecule has 0 saturated heterocycles. The number of hydrogen-bond acceptors (Lipinski definition) is 2. The molecule has 11 aromatic carbocycles. The molecule has 11 aromatic rings. The Labute approximate surface area is 439 Å². The van der Waals surface area contributed by atoms with Crippen LogP contribution in [0.4, 0.5) is 39.8 Å². The van der Waals surface area contributed by atoms with Gasteiger partial charge in [-0.15, -0.1) is 0 Å². The number of nitrogens with zero attached hydrogens (tertiary/aromatic N) is 3. The van der Waals surface area contributed by atoms with Crippen LogP contribution in [-0.2, 0) is 15.4 Å². The molecule has 358 valence electrons. The van der Waals surface area contributed by atoms with Gasteiger partial charge in [-0.1, -0.05) is 214 Å². The molecule has 0 spiro atoms. The molecule has 14 rings (SSSR count). The second-order valence-electron chi connectivity index (χ2n) is 20.4. The molecule has 0 saturated carbocycles. The lowest BCUT2D eigenvalue weighted by molar-refractivity contribution is 0.582. The number of hydrogen-bond donors (Lipinski definition) is 0. The van der Waals surface area contributed by atoms with Gasteiger partial charge >= 0.3 is 7.44 Å². The Morgan fingerprint density at radius 2 is 0.867 bits per heavy atom. The van der Waals surface area contributed by atoms with Crippen LogP contribution in [0.3, 0.4) is 0 Å². The van der Waals surface area contributed by atoms with Gasteiger partial charge in [-0.05, 0) is 140 Å². The fourth-order valence-electron chi connectivity index (χ4n) is 12.7. The molecule has 4 nitrogen and oxygen atoms in total. The third-order valence-corrected chi connectivity index (χ3v) is 19.0. The zero-order valence-electron chi connectivity index (χ0n) is 41.8. The molecule has 1 heterocycles. The van der Waals surface area contributed by atoms with E-state index in [-0.39, 0.29) is 5.41 Å². The Hall–Kier alpha value is -8.95. The lowest BCUT2D eigenvalue weighted by atomic mass is 9.67. The van der Waals surface area contributed by atoms with E-state index in [2.05, 4.69) is 240 Å². The number of fused-ring (bicyclic) bond motifs is 7. The summed E-state index contributed by atoms with van der Waals surface area (Å²) in [5, 5.41) is 0.763.